The fourth-order valence-corrected chi connectivity index (χ4v) is 1.95. The van der Waals surface area contributed by atoms with Crippen LogP contribution in [0.2, 0.25) is 5.02 Å². The van der Waals surface area contributed by atoms with Crippen molar-refractivity contribution in [3.05, 3.63) is 33.5 Å². The molecule has 16 heavy (non-hydrogen) atoms. The van der Waals surface area contributed by atoms with Gasteiger partial charge in [-0.3, -0.25) is 0 Å². The molecule has 0 bridgehead atoms. The molecule has 84 valence electrons. The zero-order valence-corrected chi connectivity index (χ0v) is 10.8. The van der Waals surface area contributed by atoms with Crippen LogP contribution < -0.4 is 5.73 Å². The summed E-state index contributed by atoms with van der Waals surface area (Å²) >= 11 is 9.39. The molecular weight excluding hydrogens is 293 g/mol. The lowest BCUT2D eigenvalue weighted by Crippen LogP contribution is -2.06. The molecule has 2 aromatic rings. The molecule has 0 radical (unpaired) electrons. The van der Waals surface area contributed by atoms with E-state index < -0.39 is 0 Å². The Bertz CT molecular complexity index is 513. The first-order valence-corrected chi connectivity index (χ1v) is 5.79. The topological polar surface area (TPSA) is 64.9 Å². The maximum absolute atomic E-state index is 6.06. The third kappa shape index (κ3) is 2.26. The first-order valence-electron chi connectivity index (χ1n) is 4.62. The molecule has 2 rings (SSSR count). The Balaban J connectivity index is 2.42. The van der Waals surface area contributed by atoms with Crippen LogP contribution in [0.25, 0.3) is 11.5 Å². The molecule has 1 aromatic heterocycles. The molecule has 0 fully saturated rings. The quantitative estimate of drug-likeness (QED) is 0.925. The number of halogens is 2. The summed E-state index contributed by atoms with van der Waals surface area (Å²) in [6.45, 7) is 1.79. The predicted octanol–water partition coefficient (Wildman–Crippen LogP) is 3.17. The molecule has 0 spiro atoms. The van der Waals surface area contributed by atoms with E-state index in [0.29, 0.717) is 22.3 Å². The van der Waals surface area contributed by atoms with E-state index in [1.807, 2.05) is 12.1 Å². The average Bonchev–Trinajstić information content (AvgIpc) is 2.66. The average molecular weight is 303 g/mol. The highest BCUT2D eigenvalue weighted by atomic mass is 79.9. The summed E-state index contributed by atoms with van der Waals surface area (Å²) in [6, 6.07) is 5.18. The van der Waals surface area contributed by atoms with Crippen LogP contribution in [0, 0.1) is 0 Å². The van der Waals surface area contributed by atoms with Crippen LogP contribution in [0.3, 0.4) is 0 Å². The largest absolute Gasteiger partial charge is 0.334 e. The number of hydrogen-bond donors (Lipinski definition) is 1. The van der Waals surface area contributed by atoms with E-state index in [2.05, 4.69) is 26.1 Å². The molecule has 0 saturated carbocycles. The summed E-state index contributed by atoms with van der Waals surface area (Å²) in [7, 11) is 0. The molecule has 0 aliphatic carbocycles. The summed E-state index contributed by atoms with van der Waals surface area (Å²) in [4.78, 5) is 4.17. The number of benzene rings is 1. The first-order chi connectivity index (χ1) is 7.58. The summed E-state index contributed by atoms with van der Waals surface area (Å²) in [6.07, 6.45) is 0. The van der Waals surface area contributed by atoms with Crippen LogP contribution in [-0.2, 0) is 0 Å². The molecular formula is C10H9BrClN3O. The second kappa shape index (κ2) is 4.53. The van der Waals surface area contributed by atoms with Gasteiger partial charge in [0, 0.05) is 4.47 Å². The van der Waals surface area contributed by atoms with Crippen molar-refractivity contribution >= 4 is 27.5 Å². The van der Waals surface area contributed by atoms with Crippen LogP contribution in [0.5, 0.6) is 0 Å². The van der Waals surface area contributed by atoms with Crippen LogP contribution in [-0.4, -0.2) is 10.1 Å². The third-order valence-corrected chi connectivity index (χ3v) is 2.82. The number of hydrogen-bond acceptors (Lipinski definition) is 4. The Morgan fingerprint density at radius 2 is 2.25 bits per heavy atom. The maximum Gasteiger partial charge on any atom is 0.259 e. The molecule has 0 amide bonds. The molecule has 1 heterocycles. The van der Waals surface area contributed by atoms with Crippen molar-refractivity contribution in [2.24, 2.45) is 5.73 Å². The molecule has 6 heteroatoms. The standard InChI is InChI=1S/C10H9BrClN3O/c1-5(13)9-14-10(16-15-9)7-3-2-6(11)4-8(7)12/h2-5H,13H2,1H3. The van der Waals surface area contributed by atoms with E-state index in [9.17, 15) is 0 Å². The van der Waals surface area contributed by atoms with E-state index in [1.54, 1.807) is 13.0 Å². The van der Waals surface area contributed by atoms with Crippen LogP contribution >= 0.6 is 27.5 Å². The highest BCUT2D eigenvalue weighted by Crippen LogP contribution is 2.29. The highest BCUT2D eigenvalue weighted by Gasteiger charge is 2.14. The Morgan fingerprint density at radius 3 is 2.81 bits per heavy atom. The summed E-state index contributed by atoms with van der Waals surface area (Å²) < 4.78 is 5.99. The van der Waals surface area contributed by atoms with Gasteiger partial charge in [0.05, 0.1) is 16.6 Å². The minimum atomic E-state index is -0.258. The van der Waals surface area contributed by atoms with Gasteiger partial charge in [0.2, 0.25) is 0 Å². The maximum atomic E-state index is 6.06. The van der Waals surface area contributed by atoms with Gasteiger partial charge in [-0.2, -0.15) is 4.98 Å². The van der Waals surface area contributed by atoms with E-state index in [4.69, 9.17) is 21.9 Å². The van der Waals surface area contributed by atoms with Gasteiger partial charge in [-0.05, 0) is 25.1 Å². The van der Waals surface area contributed by atoms with Gasteiger partial charge in [0.25, 0.3) is 5.89 Å². The Morgan fingerprint density at radius 1 is 1.50 bits per heavy atom. The van der Waals surface area contributed by atoms with E-state index in [-0.39, 0.29) is 6.04 Å². The molecule has 0 aliphatic heterocycles. The molecule has 1 atom stereocenters. The van der Waals surface area contributed by atoms with Gasteiger partial charge in [-0.1, -0.05) is 32.7 Å². The van der Waals surface area contributed by atoms with Crippen LogP contribution in [0.15, 0.2) is 27.2 Å². The summed E-state index contributed by atoms with van der Waals surface area (Å²) in [5, 5.41) is 4.32. The third-order valence-electron chi connectivity index (χ3n) is 2.01. The smallest absolute Gasteiger partial charge is 0.259 e. The summed E-state index contributed by atoms with van der Waals surface area (Å²) in [5.74, 6) is 0.846. The second-order valence-electron chi connectivity index (χ2n) is 3.37. The fraction of sp³-hybridized carbons (Fsp3) is 0.200. The van der Waals surface area contributed by atoms with Crippen molar-refractivity contribution in [1.82, 2.24) is 10.1 Å². The van der Waals surface area contributed by atoms with Crippen molar-refractivity contribution in [2.45, 2.75) is 13.0 Å². The first kappa shape index (κ1) is 11.6. The summed E-state index contributed by atoms with van der Waals surface area (Å²) in [5.41, 5.74) is 6.34. The normalized spacial score (nSPS) is 12.8. The zero-order valence-electron chi connectivity index (χ0n) is 8.45. The number of nitrogens with two attached hydrogens (primary N) is 1. The Kier molecular flexibility index (Phi) is 3.28. The highest BCUT2D eigenvalue weighted by molar-refractivity contribution is 9.10. The zero-order chi connectivity index (χ0) is 11.7. The van der Waals surface area contributed by atoms with Crippen molar-refractivity contribution in [1.29, 1.82) is 0 Å². The Labute approximate surface area is 106 Å². The van der Waals surface area contributed by atoms with Crippen molar-refractivity contribution in [3.8, 4) is 11.5 Å². The van der Waals surface area contributed by atoms with Crippen molar-refractivity contribution in [3.63, 3.8) is 0 Å². The lowest BCUT2D eigenvalue weighted by molar-refractivity contribution is 0.418. The fourth-order valence-electron chi connectivity index (χ4n) is 1.19. The Hall–Kier alpha value is -0.910. The van der Waals surface area contributed by atoms with Crippen LogP contribution in [0.4, 0.5) is 0 Å². The van der Waals surface area contributed by atoms with Crippen LogP contribution in [0.1, 0.15) is 18.8 Å². The second-order valence-corrected chi connectivity index (χ2v) is 4.69. The van der Waals surface area contributed by atoms with Gasteiger partial charge in [-0.25, -0.2) is 0 Å². The van der Waals surface area contributed by atoms with Crippen molar-refractivity contribution < 1.29 is 4.52 Å². The lowest BCUT2D eigenvalue weighted by Gasteiger charge is -1.98. The minimum absolute atomic E-state index is 0.258. The van der Waals surface area contributed by atoms with E-state index in [0.717, 1.165) is 4.47 Å². The molecule has 2 N–H and O–H groups in total. The predicted molar refractivity (Wildman–Crippen MR) is 65.0 cm³/mol. The van der Waals surface area contributed by atoms with Gasteiger partial charge in [0.15, 0.2) is 5.82 Å². The van der Waals surface area contributed by atoms with Gasteiger partial charge in [0.1, 0.15) is 0 Å². The monoisotopic (exact) mass is 301 g/mol. The molecule has 1 aromatic carbocycles. The lowest BCUT2D eigenvalue weighted by atomic mass is 10.2. The number of aromatic nitrogens is 2. The number of rotatable bonds is 2. The van der Waals surface area contributed by atoms with Gasteiger partial charge in [-0.15, -0.1) is 0 Å². The molecule has 0 aliphatic rings. The van der Waals surface area contributed by atoms with E-state index >= 15 is 0 Å². The van der Waals surface area contributed by atoms with Gasteiger partial charge >= 0.3 is 0 Å². The molecule has 0 saturated heterocycles. The SMILES string of the molecule is CC(N)c1noc(-c2ccc(Br)cc2Cl)n1. The minimum Gasteiger partial charge on any atom is -0.334 e. The van der Waals surface area contributed by atoms with E-state index in [1.165, 1.54) is 0 Å². The molecule has 1 unspecified atom stereocenters. The molecule has 4 nitrogen and oxygen atoms in total. The van der Waals surface area contributed by atoms with Crippen molar-refractivity contribution in [2.75, 3.05) is 0 Å². The number of nitrogens with zero attached hydrogens (tertiary/aromatic N) is 2. The van der Waals surface area contributed by atoms with Gasteiger partial charge < -0.3 is 10.3 Å².